The largest absolute Gasteiger partial charge is 0.393 e. The summed E-state index contributed by atoms with van der Waals surface area (Å²) in [5.41, 5.74) is 1.22. The van der Waals surface area contributed by atoms with Gasteiger partial charge in [0.05, 0.1) is 18.3 Å². The summed E-state index contributed by atoms with van der Waals surface area (Å²) in [4.78, 5) is 11.7. The molecule has 0 bridgehead atoms. The number of hydrogen-bond donors (Lipinski definition) is 2. The average molecular weight is 452 g/mol. The van der Waals surface area contributed by atoms with E-state index < -0.39 is 0 Å². The molecule has 0 aromatic carbocycles. The van der Waals surface area contributed by atoms with E-state index in [2.05, 4.69) is 43.3 Å². The van der Waals surface area contributed by atoms with Gasteiger partial charge < -0.3 is 15.3 Å². The summed E-state index contributed by atoms with van der Waals surface area (Å²) >= 11 is 1.68. The molecule has 7 heteroatoms. The summed E-state index contributed by atoms with van der Waals surface area (Å²) in [5, 5.41) is 16.2. The predicted molar refractivity (Wildman–Crippen MR) is 108 cm³/mol. The van der Waals surface area contributed by atoms with E-state index in [9.17, 15) is 5.11 Å². The lowest BCUT2D eigenvalue weighted by molar-refractivity contribution is 0.108. The van der Waals surface area contributed by atoms with Gasteiger partial charge in [-0.05, 0) is 19.8 Å². The van der Waals surface area contributed by atoms with Crippen molar-refractivity contribution in [2.45, 2.75) is 58.6 Å². The average Bonchev–Trinajstić information content (AvgIpc) is 2.93. The Bertz CT molecular complexity index is 504. The van der Waals surface area contributed by atoms with Gasteiger partial charge in [0.15, 0.2) is 5.96 Å². The maximum Gasteiger partial charge on any atom is 0.194 e. The second kappa shape index (κ2) is 9.17. The van der Waals surface area contributed by atoms with E-state index in [4.69, 9.17) is 9.98 Å². The van der Waals surface area contributed by atoms with Gasteiger partial charge in [0.25, 0.3) is 0 Å². The third-order valence-electron chi connectivity index (χ3n) is 3.78. The normalized spacial score (nSPS) is 17.1. The van der Waals surface area contributed by atoms with Gasteiger partial charge in [0, 0.05) is 30.4 Å². The Kier molecular flexibility index (Phi) is 8.23. The molecule has 0 saturated carbocycles. The SMILES string of the molecule is CCNC(=NCc1nc(C(C)(C)C)cs1)N1CCC(O)CC1.I. The first-order chi connectivity index (χ1) is 10.4. The van der Waals surface area contributed by atoms with Crippen molar-refractivity contribution in [1.82, 2.24) is 15.2 Å². The van der Waals surface area contributed by atoms with Gasteiger partial charge in [-0.2, -0.15) is 0 Å². The van der Waals surface area contributed by atoms with Crippen LogP contribution in [0.3, 0.4) is 0 Å². The number of nitrogens with zero attached hydrogens (tertiary/aromatic N) is 3. The topological polar surface area (TPSA) is 60.8 Å². The van der Waals surface area contributed by atoms with Gasteiger partial charge in [-0.15, -0.1) is 35.3 Å². The number of likely N-dealkylation sites (tertiary alicyclic amines) is 1. The van der Waals surface area contributed by atoms with Crippen molar-refractivity contribution >= 4 is 41.3 Å². The third kappa shape index (κ3) is 6.19. The van der Waals surface area contributed by atoms with E-state index in [1.807, 2.05) is 0 Å². The van der Waals surface area contributed by atoms with Crippen LogP contribution in [0.25, 0.3) is 0 Å². The number of nitrogens with one attached hydrogen (secondary N) is 1. The first-order valence-electron chi connectivity index (χ1n) is 8.06. The van der Waals surface area contributed by atoms with Gasteiger partial charge in [-0.1, -0.05) is 20.8 Å². The van der Waals surface area contributed by atoms with Crippen molar-refractivity contribution in [3.8, 4) is 0 Å². The van der Waals surface area contributed by atoms with Crippen LogP contribution in [0.1, 0.15) is 51.2 Å². The van der Waals surface area contributed by atoms with Crippen LogP contribution >= 0.6 is 35.3 Å². The van der Waals surface area contributed by atoms with Crippen LogP contribution in [0.5, 0.6) is 0 Å². The number of thiazole rings is 1. The maximum atomic E-state index is 9.63. The lowest BCUT2D eigenvalue weighted by Crippen LogP contribution is -2.46. The minimum Gasteiger partial charge on any atom is -0.393 e. The van der Waals surface area contributed by atoms with Crippen LogP contribution in [-0.2, 0) is 12.0 Å². The van der Waals surface area contributed by atoms with Crippen molar-refractivity contribution in [3.05, 3.63) is 16.1 Å². The van der Waals surface area contributed by atoms with Crippen LogP contribution in [0.4, 0.5) is 0 Å². The summed E-state index contributed by atoms with van der Waals surface area (Å²) in [5.74, 6) is 0.932. The molecule has 1 saturated heterocycles. The number of aliphatic imine (C=N–C) groups is 1. The van der Waals surface area contributed by atoms with Crippen molar-refractivity contribution in [2.75, 3.05) is 19.6 Å². The Morgan fingerprint density at radius 2 is 2.09 bits per heavy atom. The third-order valence-corrected chi connectivity index (χ3v) is 4.62. The van der Waals surface area contributed by atoms with Gasteiger partial charge in [0.1, 0.15) is 5.01 Å². The van der Waals surface area contributed by atoms with Crippen molar-refractivity contribution in [3.63, 3.8) is 0 Å². The molecule has 0 spiro atoms. The van der Waals surface area contributed by atoms with E-state index >= 15 is 0 Å². The zero-order valence-electron chi connectivity index (χ0n) is 14.5. The quantitative estimate of drug-likeness (QED) is 0.421. The number of halogens is 1. The number of aliphatic hydroxyl groups excluding tert-OH is 1. The van der Waals surface area contributed by atoms with Crippen LogP contribution in [0.15, 0.2) is 10.4 Å². The molecule has 0 aliphatic carbocycles. The Balaban J connectivity index is 0.00000264. The zero-order chi connectivity index (χ0) is 16.2. The van der Waals surface area contributed by atoms with Crippen molar-refractivity contribution < 1.29 is 5.11 Å². The summed E-state index contributed by atoms with van der Waals surface area (Å²) in [6.07, 6.45) is 1.47. The Morgan fingerprint density at radius 3 is 2.61 bits per heavy atom. The van der Waals surface area contributed by atoms with Crippen LogP contribution in [0, 0.1) is 0 Å². The van der Waals surface area contributed by atoms with Crippen LogP contribution in [-0.4, -0.2) is 46.7 Å². The number of guanidine groups is 1. The van der Waals surface area contributed by atoms with Crippen LogP contribution < -0.4 is 5.32 Å². The lowest BCUT2D eigenvalue weighted by Gasteiger charge is -2.32. The van der Waals surface area contributed by atoms with Gasteiger partial charge in [-0.25, -0.2) is 9.98 Å². The van der Waals surface area contributed by atoms with Crippen molar-refractivity contribution in [2.24, 2.45) is 4.99 Å². The first kappa shape index (κ1) is 20.6. The lowest BCUT2D eigenvalue weighted by atomic mass is 9.93. The molecule has 1 aliphatic rings. The second-order valence-corrected chi connectivity index (χ2v) is 7.71. The van der Waals surface area contributed by atoms with E-state index in [1.54, 1.807) is 11.3 Å². The van der Waals surface area contributed by atoms with E-state index in [-0.39, 0.29) is 35.5 Å². The molecule has 1 fully saturated rings. The molecule has 1 aliphatic heterocycles. The summed E-state index contributed by atoms with van der Waals surface area (Å²) < 4.78 is 0. The highest BCUT2D eigenvalue weighted by molar-refractivity contribution is 14.0. The molecule has 0 unspecified atom stereocenters. The summed E-state index contributed by atoms with van der Waals surface area (Å²) in [7, 11) is 0. The fourth-order valence-corrected chi connectivity index (χ4v) is 3.32. The smallest absolute Gasteiger partial charge is 0.194 e. The fourth-order valence-electron chi connectivity index (χ4n) is 2.37. The van der Waals surface area contributed by atoms with Gasteiger partial charge >= 0.3 is 0 Å². The number of piperidine rings is 1. The van der Waals surface area contributed by atoms with E-state index in [0.29, 0.717) is 6.54 Å². The highest BCUT2D eigenvalue weighted by Crippen LogP contribution is 2.24. The molecule has 1 aromatic heterocycles. The Morgan fingerprint density at radius 1 is 1.43 bits per heavy atom. The molecule has 23 heavy (non-hydrogen) atoms. The molecule has 2 N–H and O–H groups in total. The number of rotatable bonds is 3. The van der Waals surface area contributed by atoms with Gasteiger partial charge in [-0.3, -0.25) is 0 Å². The molecule has 0 radical (unpaired) electrons. The highest BCUT2D eigenvalue weighted by Gasteiger charge is 2.20. The monoisotopic (exact) mass is 452 g/mol. The molecule has 5 nitrogen and oxygen atoms in total. The molecular weight excluding hydrogens is 423 g/mol. The Hall–Kier alpha value is -0.410. The van der Waals surface area contributed by atoms with Crippen molar-refractivity contribution in [1.29, 1.82) is 0 Å². The molecule has 132 valence electrons. The highest BCUT2D eigenvalue weighted by atomic mass is 127. The number of aromatic nitrogens is 1. The zero-order valence-corrected chi connectivity index (χ0v) is 17.6. The minimum absolute atomic E-state index is 0. The Labute approximate surface area is 160 Å². The summed E-state index contributed by atoms with van der Waals surface area (Å²) in [6.45, 7) is 11.8. The fraction of sp³-hybridized carbons (Fsp3) is 0.750. The number of hydrogen-bond acceptors (Lipinski definition) is 4. The van der Waals surface area contributed by atoms with E-state index in [0.717, 1.165) is 49.1 Å². The van der Waals surface area contributed by atoms with E-state index in [1.165, 1.54) is 0 Å². The molecule has 2 heterocycles. The first-order valence-corrected chi connectivity index (χ1v) is 8.94. The standard InChI is InChI=1S/C16H28N4OS.HI/c1-5-17-15(20-8-6-12(21)7-9-20)18-10-14-19-13(11-22-14)16(2,3)4;/h11-12,21H,5-10H2,1-4H3,(H,17,18);1H. The maximum absolute atomic E-state index is 9.63. The molecule has 2 rings (SSSR count). The second-order valence-electron chi connectivity index (χ2n) is 6.76. The molecule has 0 atom stereocenters. The molecule has 1 aromatic rings. The molecular formula is C16H29IN4OS. The predicted octanol–water partition coefficient (Wildman–Crippen LogP) is 2.98. The van der Waals surface area contributed by atoms with Gasteiger partial charge in [0.2, 0.25) is 0 Å². The number of aliphatic hydroxyl groups is 1. The minimum atomic E-state index is -0.160. The summed E-state index contributed by atoms with van der Waals surface area (Å²) in [6, 6.07) is 0. The van der Waals surface area contributed by atoms with Crippen LogP contribution in [0.2, 0.25) is 0 Å². The molecule has 0 amide bonds.